The minimum absolute atomic E-state index is 0.0249. The number of carbonyl (C=O) groups excluding carboxylic acids is 2. The van der Waals surface area contributed by atoms with Gasteiger partial charge in [0, 0.05) is 10.9 Å². The van der Waals surface area contributed by atoms with Gasteiger partial charge in [0.25, 0.3) is 0 Å². The van der Waals surface area contributed by atoms with Crippen LogP contribution in [0.15, 0.2) is 60.0 Å². The van der Waals surface area contributed by atoms with E-state index in [2.05, 4.69) is 15.6 Å². The molecule has 31 heavy (non-hydrogen) atoms. The van der Waals surface area contributed by atoms with Crippen LogP contribution < -0.4 is 15.4 Å². The van der Waals surface area contributed by atoms with Gasteiger partial charge >= 0.3 is 5.97 Å². The van der Waals surface area contributed by atoms with Crippen LogP contribution in [0.25, 0.3) is 11.3 Å². The second kappa shape index (κ2) is 10.1. The van der Waals surface area contributed by atoms with Gasteiger partial charge in [0.2, 0.25) is 5.91 Å². The van der Waals surface area contributed by atoms with Gasteiger partial charge in [-0.25, -0.2) is 14.2 Å². The number of rotatable bonds is 9. The topological polar surface area (TPSA) is 89.5 Å². The molecule has 1 unspecified atom stereocenters. The van der Waals surface area contributed by atoms with E-state index in [1.54, 1.807) is 36.6 Å². The first kappa shape index (κ1) is 22.4. The molecule has 2 aromatic carbocycles. The van der Waals surface area contributed by atoms with E-state index in [0.29, 0.717) is 16.6 Å². The maximum absolute atomic E-state index is 13.1. The number of hydrogen-bond donors (Lipinski definition) is 2. The fraction of sp³-hybridized carbons (Fsp3) is 0.227. The number of anilines is 1. The van der Waals surface area contributed by atoms with Crippen LogP contribution >= 0.6 is 11.3 Å². The predicted molar refractivity (Wildman–Crippen MR) is 116 cm³/mol. The summed E-state index contributed by atoms with van der Waals surface area (Å²) in [5.74, 6) is -0.664. The van der Waals surface area contributed by atoms with Crippen molar-refractivity contribution in [3.05, 3.63) is 65.8 Å². The summed E-state index contributed by atoms with van der Waals surface area (Å²) in [7, 11) is 1.28. The van der Waals surface area contributed by atoms with Gasteiger partial charge < -0.3 is 14.8 Å². The van der Waals surface area contributed by atoms with Gasteiger partial charge in [-0.05, 0) is 43.3 Å². The largest absolute Gasteiger partial charge is 0.491 e. The fourth-order valence-electron chi connectivity index (χ4n) is 2.67. The lowest BCUT2D eigenvalue weighted by molar-refractivity contribution is -0.149. The van der Waals surface area contributed by atoms with E-state index in [4.69, 9.17) is 9.47 Å². The molecular weight excluding hydrogens is 421 g/mol. The van der Waals surface area contributed by atoms with Gasteiger partial charge in [-0.15, -0.1) is 11.3 Å². The summed E-state index contributed by atoms with van der Waals surface area (Å²) in [5, 5.41) is 7.75. The number of benzene rings is 2. The number of carbonyl (C=O) groups is 2. The molecule has 1 amide bonds. The van der Waals surface area contributed by atoms with E-state index in [9.17, 15) is 14.0 Å². The molecule has 0 fully saturated rings. The number of aromatic nitrogens is 1. The molecule has 0 spiro atoms. The minimum atomic E-state index is -1.23. The lowest BCUT2D eigenvalue weighted by Crippen LogP contribution is -2.56. The Bertz CT molecular complexity index is 1030. The third kappa shape index (κ3) is 6.09. The first-order valence-electron chi connectivity index (χ1n) is 9.42. The third-order valence-corrected chi connectivity index (χ3v) is 5.19. The number of nitrogens with zero attached hydrogens (tertiary/aromatic N) is 1. The molecule has 3 aromatic rings. The summed E-state index contributed by atoms with van der Waals surface area (Å²) >= 11 is 1.25. The average Bonchev–Trinajstić information content (AvgIpc) is 3.25. The number of halogens is 1. The average molecular weight is 444 g/mol. The number of amides is 1. The third-order valence-electron chi connectivity index (χ3n) is 4.44. The van der Waals surface area contributed by atoms with Gasteiger partial charge in [0.1, 0.15) is 23.7 Å². The second-order valence-electron chi connectivity index (χ2n) is 6.87. The van der Waals surface area contributed by atoms with Crippen LogP contribution in [0.1, 0.15) is 6.92 Å². The van der Waals surface area contributed by atoms with Crippen molar-refractivity contribution < 1.29 is 23.5 Å². The Morgan fingerprint density at radius 3 is 2.52 bits per heavy atom. The molecule has 3 rings (SSSR count). The maximum Gasteiger partial charge on any atom is 0.329 e. The number of nitrogens with one attached hydrogen (secondary N) is 2. The Kier molecular flexibility index (Phi) is 7.32. The van der Waals surface area contributed by atoms with Crippen molar-refractivity contribution >= 4 is 28.3 Å². The summed E-state index contributed by atoms with van der Waals surface area (Å²) in [5.41, 5.74) is 0.140. The lowest BCUT2D eigenvalue weighted by atomic mass is 10.0. The standard InChI is InChI=1S/C22H22FN3O4S/c1-22(20(28)29-2,14-30-17-6-4-3-5-7-17)24-12-19(27)26-21-25-18(13-31-21)15-8-10-16(23)11-9-15/h3-11,13,24H,12,14H2,1-2H3,(H,25,26,27). The molecule has 0 aliphatic rings. The molecule has 7 nitrogen and oxygen atoms in total. The summed E-state index contributed by atoms with van der Waals surface area (Å²) in [6, 6.07) is 15.0. The van der Waals surface area contributed by atoms with Crippen LogP contribution in [0.4, 0.5) is 9.52 Å². The number of hydrogen-bond acceptors (Lipinski definition) is 7. The highest BCUT2D eigenvalue weighted by atomic mass is 32.1. The van der Waals surface area contributed by atoms with Gasteiger partial charge in [0.15, 0.2) is 5.13 Å². The smallest absolute Gasteiger partial charge is 0.329 e. The van der Waals surface area contributed by atoms with Gasteiger partial charge in [0.05, 0.1) is 19.3 Å². The maximum atomic E-state index is 13.1. The molecule has 0 aliphatic heterocycles. The summed E-state index contributed by atoms with van der Waals surface area (Å²) in [4.78, 5) is 29.0. The highest BCUT2D eigenvalue weighted by molar-refractivity contribution is 7.14. The summed E-state index contributed by atoms with van der Waals surface area (Å²) in [6.45, 7) is 1.42. The Morgan fingerprint density at radius 2 is 1.84 bits per heavy atom. The number of methoxy groups -OCH3 is 1. The van der Waals surface area contributed by atoms with Gasteiger partial charge in [-0.2, -0.15) is 0 Å². The normalized spacial score (nSPS) is 12.6. The highest BCUT2D eigenvalue weighted by Gasteiger charge is 2.35. The fourth-order valence-corrected chi connectivity index (χ4v) is 3.41. The Hall–Kier alpha value is -3.30. The van der Waals surface area contributed by atoms with Gasteiger partial charge in [-0.3, -0.25) is 10.1 Å². The SMILES string of the molecule is COC(=O)C(C)(COc1ccccc1)NCC(=O)Nc1nc(-c2ccc(F)cc2)cs1. The molecule has 0 radical (unpaired) electrons. The Morgan fingerprint density at radius 1 is 1.13 bits per heavy atom. The lowest BCUT2D eigenvalue weighted by Gasteiger charge is -2.27. The molecule has 2 N–H and O–H groups in total. The number of thiazole rings is 1. The number of ether oxygens (including phenoxy) is 2. The van der Waals surface area contributed by atoms with Gasteiger partial charge in [-0.1, -0.05) is 18.2 Å². The molecule has 1 atom stereocenters. The molecule has 162 valence electrons. The second-order valence-corrected chi connectivity index (χ2v) is 7.73. The van der Waals surface area contributed by atoms with Crippen molar-refractivity contribution in [2.24, 2.45) is 0 Å². The van der Waals surface area contributed by atoms with Crippen molar-refractivity contribution in [1.29, 1.82) is 0 Å². The zero-order chi connectivity index (χ0) is 22.3. The van der Waals surface area contributed by atoms with Crippen LogP contribution in [0.3, 0.4) is 0 Å². The Labute approximate surface area is 183 Å². The molecule has 9 heteroatoms. The van der Waals surface area contributed by atoms with Crippen molar-refractivity contribution in [1.82, 2.24) is 10.3 Å². The van der Waals surface area contributed by atoms with Crippen molar-refractivity contribution in [2.45, 2.75) is 12.5 Å². The molecule has 1 heterocycles. The van der Waals surface area contributed by atoms with E-state index in [0.717, 1.165) is 5.56 Å². The molecular formula is C22H22FN3O4S. The van der Waals surface area contributed by atoms with E-state index in [1.807, 2.05) is 18.2 Å². The Balaban J connectivity index is 1.58. The monoisotopic (exact) mass is 443 g/mol. The zero-order valence-electron chi connectivity index (χ0n) is 17.1. The van der Waals surface area contributed by atoms with Crippen LogP contribution in [0.2, 0.25) is 0 Å². The predicted octanol–water partition coefficient (Wildman–Crippen LogP) is 3.49. The first-order valence-corrected chi connectivity index (χ1v) is 10.3. The van der Waals surface area contributed by atoms with Crippen molar-refractivity contribution in [3.63, 3.8) is 0 Å². The number of para-hydroxylation sites is 1. The van der Waals surface area contributed by atoms with E-state index in [-0.39, 0.29) is 24.9 Å². The summed E-state index contributed by atoms with van der Waals surface area (Å²) in [6.07, 6.45) is 0. The first-order chi connectivity index (χ1) is 14.9. The van der Waals surface area contributed by atoms with Crippen LogP contribution in [-0.4, -0.2) is 42.7 Å². The van der Waals surface area contributed by atoms with Crippen LogP contribution in [0.5, 0.6) is 5.75 Å². The van der Waals surface area contributed by atoms with Crippen LogP contribution in [-0.2, 0) is 14.3 Å². The molecule has 1 aromatic heterocycles. The number of esters is 1. The van der Waals surface area contributed by atoms with Crippen molar-refractivity contribution in [3.8, 4) is 17.0 Å². The van der Waals surface area contributed by atoms with E-state index >= 15 is 0 Å². The highest BCUT2D eigenvalue weighted by Crippen LogP contribution is 2.25. The quantitative estimate of drug-likeness (QED) is 0.492. The molecule has 0 saturated carbocycles. The van der Waals surface area contributed by atoms with Crippen molar-refractivity contribution in [2.75, 3.05) is 25.6 Å². The molecule has 0 saturated heterocycles. The van der Waals surface area contributed by atoms with Crippen LogP contribution in [0, 0.1) is 5.82 Å². The molecule has 0 bridgehead atoms. The van der Waals surface area contributed by atoms with E-state index < -0.39 is 11.5 Å². The zero-order valence-corrected chi connectivity index (χ0v) is 17.9. The molecule has 0 aliphatic carbocycles. The summed E-state index contributed by atoms with van der Waals surface area (Å²) < 4.78 is 23.6. The minimum Gasteiger partial charge on any atom is -0.491 e. The van der Waals surface area contributed by atoms with E-state index in [1.165, 1.54) is 30.6 Å².